The zero-order chi connectivity index (χ0) is 21.1. The third-order valence-electron chi connectivity index (χ3n) is 6.25. The number of carbonyl (C=O) groups is 1. The quantitative estimate of drug-likeness (QED) is 0.740. The SMILES string of the molecule is COc1ccccc1C1CC(c2cccc(C)c2)=NN1C(=O)CN1CCC(C)CC1. The molecule has 2 aromatic carbocycles. The van der Waals surface area contributed by atoms with Gasteiger partial charge in [0.25, 0.3) is 5.91 Å². The van der Waals surface area contributed by atoms with Crippen molar-refractivity contribution in [1.82, 2.24) is 9.91 Å². The van der Waals surface area contributed by atoms with Crippen molar-refractivity contribution in [2.75, 3.05) is 26.7 Å². The Labute approximate surface area is 179 Å². The van der Waals surface area contributed by atoms with Crippen LogP contribution in [0, 0.1) is 12.8 Å². The van der Waals surface area contributed by atoms with Crippen LogP contribution in [0.15, 0.2) is 53.6 Å². The molecule has 1 atom stereocenters. The summed E-state index contributed by atoms with van der Waals surface area (Å²) < 4.78 is 5.61. The first-order valence-corrected chi connectivity index (χ1v) is 10.9. The molecule has 2 heterocycles. The number of hydrogen-bond acceptors (Lipinski definition) is 4. The Morgan fingerprint density at radius 1 is 1.13 bits per heavy atom. The molecule has 0 radical (unpaired) electrons. The van der Waals surface area contributed by atoms with Crippen LogP contribution in [-0.4, -0.2) is 48.3 Å². The van der Waals surface area contributed by atoms with E-state index in [1.54, 1.807) is 12.1 Å². The monoisotopic (exact) mass is 405 g/mol. The molecule has 5 heteroatoms. The summed E-state index contributed by atoms with van der Waals surface area (Å²) in [5, 5.41) is 6.53. The number of methoxy groups -OCH3 is 1. The third-order valence-corrected chi connectivity index (χ3v) is 6.25. The van der Waals surface area contributed by atoms with E-state index in [-0.39, 0.29) is 11.9 Å². The molecule has 1 fully saturated rings. The van der Waals surface area contributed by atoms with Crippen LogP contribution >= 0.6 is 0 Å². The number of rotatable bonds is 5. The fraction of sp³-hybridized carbons (Fsp3) is 0.440. The topological polar surface area (TPSA) is 45.1 Å². The maximum Gasteiger partial charge on any atom is 0.257 e. The van der Waals surface area contributed by atoms with E-state index >= 15 is 0 Å². The van der Waals surface area contributed by atoms with Crippen molar-refractivity contribution < 1.29 is 9.53 Å². The number of hydrazone groups is 1. The molecule has 0 saturated carbocycles. The molecule has 0 aromatic heterocycles. The maximum atomic E-state index is 13.4. The zero-order valence-corrected chi connectivity index (χ0v) is 18.2. The number of para-hydroxylation sites is 1. The zero-order valence-electron chi connectivity index (χ0n) is 18.2. The molecule has 2 aliphatic rings. The smallest absolute Gasteiger partial charge is 0.257 e. The Hall–Kier alpha value is -2.66. The van der Waals surface area contributed by atoms with E-state index < -0.39 is 0 Å². The fourth-order valence-electron chi connectivity index (χ4n) is 4.41. The summed E-state index contributed by atoms with van der Waals surface area (Å²) in [4.78, 5) is 15.6. The Morgan fingerprint density at radius 3 is 2.63 bits per heavy atom. The highest BCUT2D eigenvalue weighted by molar-refractivity contribution is 6.03. The van der Waals surface area contributed by atoms with Gasteiger partial charge in [-0.1, -0.05) is 55.0 Å². The number of amides is 1. The molecule has 0 spiro atoms. The molecular weight excluding hydrogens is 374 g/mol. The van der Waals surface area contributed by atoms with Crippen molar-refractivity contribution in [2.45, 2.75) is 39.2 Å². The van der Waals surface area contributed by atoms with Crippen LogP contribution in [0.5, 0.6) is 5.75 Å². The maximum absolute atomic E-state index is 13.4. The highest BCUT2D eigenvalue weighted by Gasteiger charge is 2.35. The number of ether oxygens (including phenoxy) is 1. The first-order chi connectivity index (χ1) is 14.5. The van der Waals surface area contributed by atoms with Gasteiger partial charge in [-0.3, -0.25) is 9.69 Å². The molecule has 30 heavy (non-hydrogen) atoms. The summed E-state index contributed by atoms with van der Waals surface area (Å²) in [6, 6.07) is 16.1. The average Bonchev–Trinajstić information content (AvgIpc) is 3.21. The van der Waals surface area contributed by atoms with Crippen LogP contribution in [0.25, 0.3) is 0 Å². The van der Waals surface area contributed by atoms with Gasteiger partial charge in [0.1, 0.15) is 5.75 Å². The Balaban J connectivity index is 1.62. The minimum absolute atomic E-state index is 0.0584. The first-order valence-electron chi connectivity index (χ1n) is 10.9. The van der Waals surface area contributed by atoms with Crippen molar-refractivity contribution >= 4 is 11.6 Å². The Kier molecular flexibility index (Phi) is 6.18. The largest absolute Gasteiger partial charge is 0.496 e. The second-order valence-electron chi connectivity index (χ2n) is 8.58. The lowest BCUT2D eigenvalue weighted by molar-refractivity contribution is -0.134. The Bertz CT molecular complexity index is 931. The van der Waals surface area contributed by atoms with Crippen molar-refractivity contribution in [3.05, 3.63) is 65.2 Å². The van der Waals surface area contributed by atoms with E-state index in [2.05, 4.69) is 36.9 Å². The number of benzene rings is 2. The molecule has 2 aromatic rings. The van der Waals surface area contributed by atoms with Gasteiger partial charge in [0.05, 0.1) is 25.4 Å². The van der Waals surface area contributed by atoms with Gasteiger partial charge < -0.3 is 4.74 Å². The molecular formula is C25H31N3O2. The van der Waals surface area contributed by atoms with E-state index in [1.165, 1.54) is 5.56 Å². The molecule has 1 unspecified atom stereocenters. The van der Waals surface area contributed by atoms with Gasteiger partial charge in [0.15, 0.2) is 0 Å². The number of nitrogens with zero attached hydrogens (tertiary/aromatic N) is 3. The van der Waals surface area contributed by atoms with Crippen LogP contribution in [0.2, 0.25) is 0 Å². The number of carbonyl (C=O) groups excluding carboxylic acids is 1. The number of likely N-dealkylation sites (tertiary alicyclic amines) is 1. The standard InChI is InChI=1S/C25H31N3O2/c1-18-11-13-27(14-12-18)17-25(29)28-23(21-9-4-5-10-24(21)30-3)16-22(26-28)20-8-6-7-19(2)15-20/h4-10,15,18,23H,11-14,16-17H2,1-3H3. The predicted molar refractivity (Wildman–Crippen MR) is 120 cm³/mol. The second-order valence-corrected chi connectivity index (χ2v) is 8.58. The van der Waals surface area contributed by atoms with Crippen LogP contribution in [0.4, 0.5) is 0 Å². The van der Waals surface area contributed by atoms with Crippen molar-refractivity contribution in [2.24, 2.45) is 11.0 Å². The van der Waals surface area contributed by atoms with E-state index in [0.717, 1.165) is 54.4 Å². The molecule has 2 aliphatic heterocycles. The van der Waals surface area contributed by atoms with Crippen LogP contribution in [-0.2, 0) is 4.79 Å². The molecule has 1 amide bonds. The molecule has 5 nitrogen and oxygen atoms in total. The molecule has 0 N–H and O–H groups in total. The Morgan fingerprint density at radius 2 is 1.90 bits per heavy atom. The van der Waals surface area contributed by atoms with Gasteiger partial charge >= 0.3 is 0 Å². The molecule has 4 rings (SSSR count). The lowest BCUT2D eigenvalue weighted by Crippen LogP contribution is -2.41. The van der Waals surface area contributed by atoms with Gasteiger partial charge in [0.2, 0.25) is 0 Å². The van der Waals surface area contributed by atoms with E-state index in [1.807, 2.05) is 30.3 Å². The summed E-state index contributed by atoms with van der Waals surface area (Å²) in [6.45, 7) is 6.75. The summed E-state index contributed by atoms with van der Waals surface area (Å²) in [5.41, 5.74) is 4.23. The fourth-order valence-corrected chi connectivity index (χ4v) is 4.41. The van der Waals surface area contributed by atoms with Crippen LogP contribution in [0.3, 0.4) is 0 Å². The van der Waals surface area contributed by atoms with Crippen LogP contribution in [0.1, 0.15) is 48.9 Å². The summed E-state index contributed by atoms with van der Waals surface area (Å²) in [6.07, 6.45) is 2.99. The van der Waals surface area contributed by atoms with E-state index in [0.29, 0.717) is 13.0 Å². The lowest BCUT2D eigenvalue weighted by atomic mass is 9.97. The summed E-state index contributed by atoms with van der Waals surface area (Å²) in [5.74, 6) is 1.60. The van der Waals surface area contributed by atoms with Crippen molar-refractivity contribution in [1.29, 1.82) is 0 Å². The first kappa shape index (κ1) is 20.6. The van der Waals surface area contributed by atoms with Gasteiger partial charge in [-0.15, -0.1) is 0 Å². The predicted octanol–water partition coefficient (Wildman–Crippen LogP) is 4.41. The van der Waals surface area contributed by atoms with Gasteiger partial charge in [-0.25, -0.2) is 5.01 Å². The highest BCUT2D eigenvalue weighted by atomic mass is 16.5. The lowest BCUT2D eigenvalue weighted by Gasteiger charge is -2.31. The minimum Gasteiger partial charge on any atom is -0.496 e. The normalized spacial score (nSPS) is 20.3. The summed E-state index contributed by atoms with van der Waals surface area (Å²) >= 11 is 0. The molecule has 0 bridgehead atoms. The number of piperidine rings is 1. The summed E-state index contributed by atoms with van der Waals surface area (Å²) in [7, 11) is 1.68. The van der Waals surface area contributed by atoms with Crippen molar-refractivity contribution in [3.63, 3.8) is 0 Å². The van der Waals surface area contributed by atoms with Gasteiger partial charge in [-0.05, 0) is 50.4 Å². The van der Waals surface area contributed by atoms with E-state index in [9.17, 15) is 4.79 Å². The van der Waals surface area contributed by atoms with Gasteiger partial charge in [-0.2, -0.15) is 5.10 Å². The highest BCUT2D eigenvalue weighted by Crippen LogP contribution is 2.37. The van der Waals surface area contributed by atoms with Crippen molar-refractivity contribution in [3.8, 4) is 5.75 Å². The number of aryl methyl sites for hydroxylation is 1. The minimum atomic E-state index is -0.145. The molecule has 158 valence electrons. The van der Waals surface area contributed by atoms with Crippen LogP contribution < -0.4 is 4.74 Å². The third kappa shape index (κ3) is 4.41. The average molecular weight is 406 g/mol. The van der Waals surface area contributed by atoms with E-state index in [4.69, 9.17) is 9.84 Å². The molecule has 0 aliphatic carbocycles. The van der Waals surface area contributed by atoms with Gasteiger partial charge in [0, 0.05) is 12.0 Å². The number of hydrogen-bond donors (Lipinski definition) is 0. The molecule has 1 saturated heterocycles. The second kappa shape index (κ2) is 9.00.